The number of ketones is 1. The van der Waals surface area contributed by atoms with E-state index in [1.165, 1.54) is 12.0 Å². The summed E-state index contributed by atoms with van der Waals surface area (Å²) in [5, 5.41) is 11.2. The quantitative estimate of drug-likeness (QED) is 0.393. The zero-order chi connectivity index (χ0) is 23.7. The molecule has 3 heterocycles. The van der Waals surface area contributed by atoms with E-state index in [0.29, 0.717) is 54.7 Å². The molecule has 2 fully saturated rings. The lowest BCUT2D eigenvalue weighted by molar-refractivity contribution is -0.140. The monoisotopic (exact) mass is 466 g/mol. The van der Waals surface area contributed by atoms with Crippen LogP contribution in [0, 0.1) is 0 Å². The second-order valence-corrected chi connectivity index (χ2v) is 8.29. The molecule has 9 nitrogen and oxygen atoms in total. The first-order chi connectivity index (χ1) is 16.6. The van der Waals surface area contributed by atoms with Gasteiger partial charge in [0.25, 0.3) is 11.7 Å². The van der Waals surface area contributed by atoms with E-state index in [0.717, 1.165) is 13.1 Å². The third-order valence-corrected chi connectivity index (χ3v) is 6.36. The fourth-order valence-electron chi connectivity index (χ4n) is 4.54. The van der Waals surface area contributed by atoms with Gasteiger partial charge in [0.2, 0.25) is 6.79 Å². The van der Waals surface area contributed by atoms with Gasteiger partial charge in [-0.15, -0.1) is 0 Å². The number of nitrogens with zero attached hydrogens (tertiary/aromatic N) is 2. The molecule has 0 aliphatic carbocycles. The van der Waals surface area contributed by atoms with Crippen molar-refractivity contribution in [3.05, 3.63) is 59.2 Å². The summed E-state index contributed by atoms with van der Waals surface area (Å²) in [6, 6.07) is 11.3. The summed E-state index contributed by atoms with van der Waals surface area (Å²) < 4.78 is 21.6. The fraction of sp³-hybridized carbons (Fsp3) is 0.360. The van der Waals surface area contributed by atoms with Gasteiger partial charge in [-0.05, 0) is 29.8 Å². The van der Waals surface area contributed by atoms with E-state index in [9.17, 15) is 14.7 Å². The highest BCUT2D eigenvalue weighted by Gasteiger charge is 2.46. The lowest BCUT2D eigenvalue weighted by Crippen LogP contribution is -2.42. The van der Waals surface area contributed by atoms with Crippen LogP contribution in [0.3, 0.4) is 0 Å². The predicted octanol–water partition coefficient (Wildman–Crippen LogP) is 2.18. The maximum Gasteiger partial charge on any atom is 0.295 e. The number of amides is 1. The molecule has 0 saturated carbocycles. The van der Waals surface area contributed by atoms with E-state index in [4.69, 9.17) is 18.9 Å². The lowest BCUT2D eigenvalue weighted by Gasteiger charge is -2.31. The van der Waals surface area contributed by atoms with Crippen molar-refractivity contribution < 1.29 is 33.6 Å². The number of rotatable bonds is 6. The van der Waals surface area contributed by atoms with Crippen molar-refractivity contribution in [1.82, 2.24) is 9.80 Å². The number of Topliss-reactive ketones (excluding diaryl/α,β-unsaturated/α-hetero) is 1. The number of hydrogen-bond acceptors (Lipinski definition) is 8. The number of morpholine rings is 1. The molecule has 1 amide bonds. The van der Waals surface area contributed by atoms with Gasteiger partial charge in [0.1, 0.15) is 11.5 Å². The zero-order valence-electron chi connectivity index (χ0n) is 18.9. The number of likely N-dealkylation sites (tertiary alicyclic amines) is 1. The van der Waals surface area contributed by atoms with E-state index in [1.54, 1.807) is 42.5 Å². The Kier molecular flexibility index (Phi) is 6.12. The van der Waals surface area contributed by atoms with Crippen molar-refractivity contribution in [2.45, 2.75) is 6.04 Å². The molecule has 1 N–H and O–H groups in total. The SMILES string of the molecule is COc1cccc(C(O)=C2C(=O)C(=O)N(CCN3CCOCC3)[C@@H]2c2ccc3c(c2)OCO3)c1. The Morgan fingerprint density at radius 2 is 1.85 bits per heavy atom. The van der Waals surface area contributed by atoms with E-state index in [2.05, 4.69) is 4.90 Å². The largest absolute Gasteiger partial charge is 0.507 e. The molecule has 0 unspecified atom stereocenters. The van der Waals surface area contributed by atoms with Crippen molar-refractivity contribution in [3.63, 3.8) is 0 Å². The predicted molar refractivity (Wildman–Crippen MR) is 122 cm³/mol. The van der Waals surface area contributed by atoms with Gasteiger partial charge in [0.15, 0.2) is 11.5 Å². The highest BCUT2D eigenvalue weighted by Crippen LogP contribution is 2.43. The normalized spacial score (nSPS) is 21.8. The van der Waals surface area contributed by atoms with Gasteiger partial charge in [-0.3, -0.25) is 14.5 Å². The van der Waals surface area contributed by atoms with Crippen LogP contribution in [0.4, 0.5) is 0 Å². The van der Waals surface area contributed by atoms with Crippen LogP contribution in [0.1, 0.15) is 17.2 Å². The van der Waals surface area contributed by atoms with Gasteiger partial charge in [-0.25, -0.2) is 0 Å². The second-order valence-electron chi connectivity index (χ2n) is 8.29. The highest BCUT2D eigenvalue weighted by molar-refractivity contribution is 6.46. The molecule has 2 aromatic rings. The Labute approximate surface area is 197 Å². The van der Waals surface area contributed by atoms with Crippen molar-refractivity contribution in [2.75, 3.05) is 53.3 Å². The summed E-state index contributed by atoms with van der Waals surface area (Å²) in [7, 11) is 1.52. The Bertz CT molecular complexity index is 1140. The van der Waals surface area contributed by atoms with E-state index < -0.39 is 17.7 Å². The number of methoxy groups -OCH3 is 1. The number of aliphatic hydroxyl groups is 1. The number of aliphatic hydroxyl groups excluding tert-OH is 1. The molecule has 1 atom stereocenters. The van der Waals surface area contributed by atoms with Crippen LogP contribution >= 0.6 is 0 Å². The number of fused-ring (bicyclic) bond motifs is 1. The van der Waals surface area contributed by atoms with Gasteiger partial charge >= 0.3 is 0 Å². The number of benzene rings is 2. The number of ether oxygens (including phenoxy) is 4. The van der Waals surface area contributed by atoms with Gasteiger partial charge in [-0.2, -0.15) is 0 Å². The molecule has 0 aromatic heterocycles. The Hall–Kier alpha value is -3.56. The maximum atomic E-state index is 13.2. The minimum atomic E-state index is -0.762. The first-order valence-electron chi connectivity index (χ1n) is 11.2. The molecule has 5 rings (SSSR count). The Balaban J connectivity index is 1.55. The van der Waals surface area contributed by atoms with Crippen LogP contribution in [-0.4, -0.2) is 79.9 Å². The van der Waals surface area contributed by atoms with Gasteiger partial charge in [0.05, 0.1) is 31.9 Å². The maximum absolute atomic E-state index is 13.2. The first-order valence-corrected chi connectivity index (χ1v) is 11.2. The van der Waals surface area contributed by atoms with E-state index in [-0.39, 0.29) is 18.1 Å². The van der Waals surface area contributed by atoms with Crippen molar-refractivity contribution >= 4 is 17.4 Å². The summed E-state index contributed by atoms with van der Waals surface area (Å²) in [5.74, 6) is 0.0730. The summed E-state index contributed by atoms with van der Waals surface area (Å²) >= 11 is 0. The highest BCUT2D eigenvalue weighted by atomic mass is 16.7. The zero-order valence-corrected chi connectivity index (χ0v) is 18.9. The van der Waals surface area contributed by atoms with Crippen LogP contribution < -0.4 is 14.2 Å². The molecular weight excluding hydrogens is 440 g/mol. The number of carbonyl (C=O) groups excluding carboxylic acids is 2. The van der Waals surface area contributed by atoms with Crippen LogP contribution in [0.5, 0.6) is 17.2 Å². The molecule has 178 valence electrons. The molecule has 3 aliphatic heterocycles. The van der Waals surface area contributed by atoms with Crippen molar-refractivity contribution in [1.29, 1.82) is 0 Å². The summed E-state index contributed by atoms with van der Waals surface area (Å²) in [5.41, 5.74) is 1.10. The standard InChI is InChI=1S/C25H26N2O7/c1-31-18-4-2-3-17(13-18)23(28)21-22(16-5-6-19-20(14-16)34-15-33-19)27(25(30)24(21)29)8-7-26-9-11-32-12-10-26/h2-6,13-14,22,28H,7-12,15H2,1H3/t22-/m1/s1. The Morgan fingerprint density at radius 1 is 1.06 bits per heavy atom. The van der Waals surface area contributed by atoms with Gasteiger partial charge in [-0.1, -0.05) is 18.2 Å². The van der Waals surface area contributed by atoms with E-state index in [1.807, 2.05) is 0 Å². The van der Waals surface area contributed by atoms with Crippen molar-refractivity contribution in [3.8, 4) is 17.2 Å². The minimum absolute atomic E-state index is 0.0408. The third-order valence-electron chi connectivity index (χ3n) is 6.36. The average molecular weight is 466 g/mol. The molecular formula is C25H26N2O7. The van der Waals surface area contributed by atoms with Gasteiger partial charge in [0, 0.05) is 31.7 Å². The lowest BCUT2D eigenvalue weighted by atomic mass is 9.95. The summed E-state index contributed by atoms with van der Waals surface area (Å²) in [6.45, 7) is 3.85. The van der Waals surface area contributed by atoms with E-state index >= 15 is 0 Å². The molecule has 0 bridgehead atoms. The topological polar surface area (TPSA) is 97.8 Å². The number of hydrogen-bond donors (Lipinski definition) is 1. The van der Waals surface area contributed by atoms with Gasteiger partial charge < -0.3 is 29.0 Å². The number of carbonyl (C=O) groups is 2. The second kappa shape index (κ2) is 9.36. The van der Waals surface area contributed by atoms with Crippen LogP contribution in [0.15, 0.2) is 48.0 Å². The van der Waals surface area contributed by atoms with Crippen LogP contribution in [0.2, 0.25) is 0 Å². The first kappa shape index (κ1) is 22.2. The third kappa shape index (κ3) is 4.08. The Morgan fingerprint density at radius 3 is 2.65 bits per heavy atom. The summed E-state index contributed by atoms with van der Waals surface area (Å²) in [6.07, 6.45) is 0. The molecule has 2 aromatic carbocycles. The molecule has 2 saturated heterocycles. The van der Waals surface area contributed by atoms with Crippen molar-refractivity contribution in [2.24, 2.45) is 0 Å². The average Bonchev–Trinajstić information content (AvgIpc) is 3.45. The molecule has 0 spiro atoms. The van der Waals surface area contributed by atoms with Crippen LogP contribution in [-0.2, 0) is 14.3 Å². The minimum Gasteiger partial charge on any atom is -0.507 e. The fourth-order valence-corrected chi connectivity index (χ4v) is 4.54. The van der Waals surface area contributed by atoms with Crippen LogP contribution in [0.25, 0.3) is 5.76 Å². The summed E-state index contributed by atoms with van der Waals surface area (Å²) in [4.78, 5) is 30.1. The smallest absolute Gasteiger partial charge is 0.295 e. The molecule has 0 radical (unpaired) electrons. The molecule has 3 aliphatic rings. The molecule has 9 heteroatoms. The molecule has 34 heavy (non-hydrogen) atoms.